The second-order valence-corrected chi connectivity index (χ2v) is 12.4. The minimum Gasteiger partial charge on any atom is -0.459 e. The van der Waals surface area contributed by atoms with Gasteiger partial charge < -0.3 is 20.1 Å². The summed E-state index contributed by atoms with van der Waals surface area (Å²) >= 11 is 0. The second kappa shape index (κ2) is 11.1. The van der Waals surface area contributed by atoms with Crippen molar-refractivity contribution in [2.45, 2.75) is 117 Å². The molecule has 3 N–H and O–H groups in total. The standard InChI is InChI=1S/C30H48O6/c1-7-8-9-10-11-12-13-14-24(32)36-27-20(3)25-22(28(4,5)29(27,6)34)16-21(18-31)17-30(35)23(25)15-19(2)26(30)33/h15-16,20,22-23,25,27,31,34-35H,7-14,17-18H2,1-6H3/t20-,22+,23-,25?,27+,29+,30+/m0/s1. The fourth-order valence-electron chi connectivity index (χ4n) is 7.12. The van der Waals surface area contributed by atoms with Crippen LogP contribution in [0.1, 0.15) is 99.3 Å². The summed E-state index contributed by atoms with van der Waals surface area (Å²) in [7, 11) is 0. The Morgan fingerprint density at radius 2 is 1.64 bits per heavy atom. The highest BCUT2D eigenvalue weighted by molar-refractivity contribution is 6.04. The Hall–Kier alpha value is -1.50. The van der Waals surface area contributed by atoms with E-state index in [2.05, 4.69) is 6.92 Å². The van der Waals surface area contributed by atoms with Crippen LogP contribution in [0.25, 0.3) is 0 Å². The van der Waals surface area contributed by atoms with Crippen molar-refractivity contribution in [3.05, 3.63) is 23.3 Å². The van der Waals surface area contributed by atoms with E-state index in [0.717, 1.165) is 19.3 Å². The first kappa shape index (κ1) is 29.1. The monoisotopic (exact) mass is 504 g/mol. The van der Waals surface area contributed by atoms with Gasteiger partial charge in [-0.1, -0.05) is 78.4 Å². The summed E-state index contributed by atoms with van der Waals surface area (Å²) in [5.41, 5.74) is -2.58. The van der Waals surface area contributed by atoms with Gasteiger partial charge in [-0.3, -0.25) is 9.59 Å². The van der Waals surface area contributed by atoms with Crippen LogP contribution in [0.5, 0.6) is 0 Å². The van der Waals surface area contributed by atoms with Gasteiger partial charge in [-0.05, 0) is 43.3 Å². The summed E-state index contributed by atoms with van der Waals surface area (Å²) in [6.45, 7) is 11.3. The smallest absolute Gasteiger partial charge is 0.306 e. The zero-order valence-corrected chi connectivity index (χ0v) is 23.2. The van der Waals surface area contributed by atoms with Crippen molar-refractivity contribution in [1.29, 1.82) is 0 Å². The van der Waals surface area contributed by atoms with Crippen LogP contribution < -0.4 is 0 Å². The molecule has 204 valence electrons. The van der Waals surface area contributed by atoms with Gasteiger partial charge in [0.25, 0.3) is 0 Å². The van der Waals surface area contributed by atoms with Crippen LogP contribution in [0.3, 0.4) is 0 Å². The zero-order valence-electron chi connectivity index (χ0n) is 23.2. The number of aliphatic hydroxyl groups excluding tert-OH is 1. The van der Waals surface area contributed by atoms with Gasteiger partial charge in [-0.15, -0.1) is 0 Å². The van der Waals surface area contributed by atoms with E-state index in [1.165, 1.54) is 25.7 Å². The summed E-state index contributed by atoms with van der Waals surface area (Å²) in [4.78, 5) is 26.0. The van der Waals surface area contributed by atoms with Crippen molar-refractivity contribution in [3.8, 4) is 0 Å². The number of carbonyl (C=O) groups excluding carboxylic acids is 2. The number of esters is 1. The van der Waals surface area contributed by atoms with Crippen LogP contribution in [0.15, 0.2) is 23.3 Å². The topological polar surface area (TPSA) is 104 Å². The number of aliphatic hydroxyl groups is 3. The highest BCUT2D eigenvalue weighted by atomic mass is 16.6. The predicted molar refractivity (Wildman–Crippen MR) is 140 cm³/mol. The van der Waals surface area contributed by atoms with Crippen molar-refractivity contribution in [1.82, 2.24) is 0 Å². The first-order valence-corrected chi connectivity index (χ1v) is 14.0. The number of allylic oxidation sites excluding steroid dienone is 1. The van der Waals surface area contributed by atoms with Gasteiger partial charge in [-0.25, -0.2) is 0 Å². The Balaban J connectivity index is 1.84. The summed E-state index contributed by atoms with van der Waals surface area (Å²) in [5, 5.41) is 33.6. The molecule has 6 nitrogen and oxygen atoms in total. The molecule has 0 spiro atoms. The highest BCUT2D eigenvalue weighted by Gasteiger charge is 2.66. The van der Waals surface area contributed by atoms with Crippen LogP contribution in [-0.2, 0) is 14.3 Å². The third-order valence-electron chi connectivity index (χ3n) is 9.70. The number of hydrogen-bond acceptors (Lipinski definition) is 6. The number of Topliss-reactive ketones (excluding diaryl/α,β-unsaturated/α-hetero) is 1. The molecule has 0 radical (unpaired) electrons. The van der Waals surface area contributed by atoms with E-state index in [4.69, 9.17) is 4.74 Å². The van der Waals surface area contributed by atoms with Gasteiger partial charge in [0.15, 0.2) is 5.78 Å². The van der Waals surface area contributed by atoms with Crippen LogP contribution in [0, 0.1) is 29.1 Å². The quantitative estimate of drug-likeness (QED) is 0.222. The number of ether oxygens (including phenoxy) is 1. The molecule has 0 amide bonds. The number of rotatable bonds is 10. The molecule has 1 saturated carbocycles. The maximum atomic E-state index is 13.1. The molecule has 3 aliphatic carbocycles. The normalized spacial score (nSPS) is 37.5. The Morgan fingerprint density at radius 3 is 2.25 bits per heavy atom. The van der Waals surface area contributed by atoms with Gasteiger partial charge in [-0.2, -0.15) is 0 Å². The maximum absolute atomic E-state index is 13.1. The molecule has 3 aliphatic rings. The Bertz CT molecular complexity index is 884. The Kier molecular flexibility index (Phi) is 8.95. The second-order valence-electron chi connectivity index (χ2n) is 12.4. The molecule has 0 bridgehead atoms. The molecule has 0 aromatic rings. The van der Waals surface area contributed by atoms with Crippen molar-refractivity contribution >= 4 is 11.8 Å². The molecule has 0 aromatic heterocycles. The summed E-state index contributed by atoms with van der Waals surface area (Å²) in [6, 6.07) is 0. The van der Waals surface area contributed by atoms with E-state index >= 15 is 0 Å². The van der Waals surface area contributed by atoms with Gasteiger partial charge in [0.1, 0.15) is 17.3 Å². The van der Waals surface area contributed by atoms with Gasteiger partial charge in [0.05, 0.1) is 6.61 Å². The van der Waals surface area contributed by atoms with Gasteiger partial charge >= 0.3 is 5.97 Å². The van der Waals surface area contributed by atoms with E-state index < -0.39 is 28.6 Å². The Morgan fingerprint density at radius 1 is 1.03 bits per heavy atom. The number of hydrogen-bond donors (Lipinski definition) is 3. The molecular formula is C30H48O6. The summed E-state index contributed by atoms with van der Waals surface area (Å²) in [6.07, 6.45) is 11.2. The lowest BCUT2D eigenvalue weighted by Gasteiger charge is -2.59. The molecule has 1 fully saturated rings. The molecule has 0 saturated heterocycles. The highest BCUT2D eigenvalue weighted by Crippen LogP contribution is 2.60. The molecule has 36 heavy (non-hydrogen) atoms. The first-order chi connectivity index (χ1) is 16.8. The van der Waals surface area contributed by atoms with Crippen molar-refractivity contribution in [3.63, 3.8) is 0 Å². The predicted octanol–water partition coefficient (Wildman–Crippen LogP) is 4.90. The molecule has 0 aromatic carbocycles. The van der Waals surface area contributed by atoms with E-state index in [1.54, 1.807) is 13.8 Å². The number of ketones is 1. The summed E-state index contributed by atoms with van der Waals surface area (Å²) < 4.78 is 6.03. The number of carbonyl (C=O) groups is 2. The van der Waals surface area contributed by atoms with Crippen molar-refractivity contribution in [2.24, 2.45) is 29.1 Å². The van der Waals surface area contributed by atoms with Crippen LogP contribution in [-0.4, -0.2) is 51.0 Å². The zero-order chi connectivity index (χ0) is 26.9. The van der Waals surface area contributed by atoms with Crippen molar-refractivity contribution in [2.75, 3.05) is 6.61 Å². The van der Waals surface area contributed by atoms with E-state index in [-0.39, 0.29) is 42.5 Å². The minimum absolute atomic E-state index is 0.0709. The molecule has 0 aliphatic heterocycles. The lowest BCUT2D eigenvalue weighted by atomic mass is 9.49. The first-order valence-electron chi connectivity index (χ1n) is 14.0. The molecular weight excluding hydrogens is 456 g/mol. The van der Waals surface area contributed by atoms with Crippen LogP contribution >= 0.6 is 0 Å². The number of fused-ring (bicyclic) bond motifs is 3. The average molecular weight is 505 g/mol. The van der Waals surface area contributed by atoms with E-state index in [0.29, 0.717) is 17.6 Å². The Labute approximate surface area is 217 Å². The largest absolute Gasteiger partial charge is 0.459 e. The molecule has 3 rings (SSSR count). The lowest BCUT2D eigenvalue weighted by Crippen LogP contribution is -2.66. The van der Waals surface area contributed by atoms with Crippen LogP contribution in [0.2, 0.25) is 0 Å². The van der Waals surface area contributed by atoms with E-state index in [1.807, 2.05) is 32.9 Å². The molecule has 1 unspecified atom stereocenters. The van der Waals surface area contributed by atoms with Gasteiger partial charge in [0, 0.05) is 30.1 Å². The fourth-order valence-corrected chi connectivity index (χ4v) is 7.12. The fraction of sp³-hybridized carbons (Fsp3) is 0.800. The van der Waals surface area contributed by atoms with E-state index in [9.17, 15) is 24.9 Å². The average Bonchev–Trinajstić information content (AvgIpc) is 2.95. The summed E-state index contributed by atoms with van der Waals surface area (Å²) in [5.74, 6) is -1.87. The van der Waals surface area contributed by atoms with Crippen LogP contribution in [0.4, 0.5) is 0 Å². The molecule has 7 atom stereocenters. The maximum Gasteiger partial charge on any atom is 0.306 e. The minimum atomic E-state index is -1.63. The van der Waals surface area contributed by atoms with Gasteiger partial charge in [0.2, 0.25) is 0 Å². The third-order valence-corrected chi connectivity index (χ3v) is 9.70. The van der Waals surface area contributed by atoms with Crippen molar-refractivity contribution < 1.29 is 29.6 Å². The third kappa shape index (κ3) is 5.10. The SMILES string of the molecule is CCCCCCCCCC(=O)O[C@@H]1[C@@H](C)C2[C@@H](C=C(CO)C[C@]3(O)C(=O)C(C)=C[C@@H]23)C(C)(C)[C@]1(C)O. The molecule has 0 heterocycles. The number of unbranched alkanes of at least 4 members (excludes halogenated alkanes) is 6. The molecule has 6 heteroatoms. The lowest BCUT2D eigenvalue weighted by molar-refractivity contribution is -0.235.